The van der Waals surface area contributed by atoms with Crippen molar-refractivity contribution >= 4 is 11.8 Å². The molecule has 1 amide bonds. The number of benzene rings is 1. The number of carbonyl (C=O) groups excluding carboxylic acids is 1. The SMILES string of the molecule is Cc1ccc(NC(=O)O[C@@H]2CCCC[C@H]2C)cc1. The molecule has 0 aromatic heterocycles. The largest absolute Gasteiger partial charge is 0.446 e. The first kappa shape index (κ1) is 12.9. The minimum Gasteiger partial charge on any atom is -0.446 e. The van der Waals surface area contributed by atoms with Gasteiger partial charge in [-0.05, 0) is 44.2 Å². The van der Waals surface area contributed by atoms with Crippen molar-refractivity contribution in [3.8, 4) is 0 Å². The highest BCUT2D eigenvalue weighted by Crippen LogP contribution is 2.26. The molecule has 3 heteroatoms. The lowest BCUT2D eigenvalue weighted by Crippen LogP contribution is -2.30. The summed E-state index contributed by atoms with van der Waals surface area (Å²) in [4.78, 5) is 11.8. The number of anilines is 1. The van der Waals surface area contributed by atoms with Crippen LogP contribution in [0, 0.1) is 12.8 Å². The first-order valence-electron chi connectivity index (χ1n) is 6.69. The van der Waals surface area contributed by atoms with Crippen LogP contribution in [0.5, 0.6) is 0 Å². The minimum atomic E-state index is -0.336. The first-order chi connectivity index (χ1) is 8.65. The Kier molecular flexibility index (Phi) is 4.24. The molecular weight excluding hydrogens is 226 g/mol. The van der Waals surface area contributed by atoms with E-state index >= 15 is 0 Å². The standard InChI is InChI=1S/C15H21NO2/c1-11-7-9-13(10-8-11)16-15(17)18-14-6-4-3-5-12(14)2/h7-10,12,14H,3-6H2,1-2H3,(H,16,17)/t12-,14-/m1/s1. The van der Waals surface area contributed by atoms with Gasteiger partial charge in [-0.25, -0.2) is 4.79 Å². The first-order valence-corrected chi connectivity index (χ1v) is 6.69. The zero-order valence-corrected chi connectivity index (χ0v) is 11.1. The molecule has 1 aliphatic carbocycles. The predicted molar refractivity (Wildman–Crippen MR) is 72.7 cm³/mol. The van der Waals surface area contributed by atoms with Gasteiger partial charge < -0.3 is 4.74 Å². The van der Waals surface area contributed by atoms with Crippen molar-refractivity contribution in [2.45, 2.75) is 45.6 Å². The molecule has 1 aromatic rings. The van der Waals surface area contributed by atoms with E-state index in [1.165, 1.54) is 12.0 Å². The summed E-state index contributed by atoms with van der Waals surface area (Å²) < 4.78 is 5.49. The Hall–Kier alpha value is -1.51. The molecule has 1 saturated carbocycles. The Bertz CT molecular complexity index is 399. The summed E-state index contributed by atoms with van der Waals surface area (Å²) in [6.45, 7) is 4.18. The highest BCUT2D eigenvalue weighted by molar-refractivity contribution is 5.84. The van der Waals surface area contributed by atoms with Crippen molar-refractivity contribution in [2.24, 2.45) is 5.92 Å². The van der Waals surface area contributed by atoms with Crippen LogP contribution in [0.3, 0.4) is 0 Å². The molecule has 1 aromatic carbocycles. The lowest BCUT2D eigenvalue weighted by Gasteiger charge is -2.28. The Balaban J connectivity index is 1.86. The average Bonchev–Trinajstić information content (AvgIpc) is 2.35. The fourth-order valence-corrected chi connectivity index (χ4v) is 2.38. The number of rotatable bonds is 2. The average molecular weight is 247 g/mol. The van der Waals surface area contributed by atoms with Crippen LogP contribution in [0.2, 0.25) is 0 Å². The molecule has 18 heavy (non-hydrogen) atoms. The van der Waals surface area contributed by atoms with Crippen molar-refractivity contribution in [2.75, 3.05) is 5.32 Å². The molecule has 0 radical (unpaired) electrons. The van der Waals surface area contributed by atoms with Gasteiger partial charge in [0.05, 0.1) is 0 Å². The third-order valence-corrected chi connectivity index (χ3v) is 3.59. The Labute approximate surface area is 109 Å². The second-order valence-electron chi connectivity index (χ2n) is 5.20. The number of amides is 1. The normalized spacial score (nSPS) is 23.4. The van der Waals surface area contributed by atoms with Crippen LogP contribution in [0.25, 0.3) is 0 Å². The van der Waals surface area contributed by atoms with Crippen LogP contribution in [0.1, 0.15) is 38.2 Å². The summed E-state index contributed by atoms with van der Waals surface area (Å²) in [5.41, 5.74) is 1.96. The van der Waals surface area contributed by atoms with Gasteiger partial charge in [-0.15, -0.1) is 0 Å². The highest BCUT2D eigenvalue weighted by Gasteiger charge is 2.24. The highest BCUT2D eigenvalue weighted by atomic mass is 16.6. The summed E-state index contributed by atoms with van der Waals surface area (Å²) >= 11 is 0. The molecule has 98 valence electrons. The third-order valence-electron chi connectivity index (χ3n) is 3.59. The molecule has 0 unspecified atom stereocenters. The summed E-state index contributed by atoms with van der Waals surface area (Å²) in [7, 11) is 0. The molecule has 3 nitrogen and oxygen atoms in total. The van der Waals surface area contributed by atoms with E-state index in [4.69, 9.17) is 4.74 Å². The molecule has 1 fully saturated rings. The van der Waals surface area contributed by atoms with E-state index in [9.17, 15) is 4.79 Å². The van der Waals surface area contributed by atoms with Crippen molar-refractivity contribution in [3.05, 3.63) is 29.8 Å². The third kappa shape index (κ3) is 3.49. The van der Waals surface area contributed by atoms with E-state index in [1.54, 1.807) is 0 Å². The van der Waals surface area contributed by atoms with Gasteiger partial charge in [-0.3, -0.25) is 5.32 Å². The van der Waals surface area contributed by atoms with E-state index in [0.29, 0.717) is 5.92 Å². The number of carbonyl (C=O) groups is 1. The molecule has 2 rings (SSSR count). The zero-order valence-electron chi connectivity index (χ0n) is 11.1. The summed E-state index contributed by atoms with van der Waals surface area (Å²) in [6, 6.07) is 7.72. The lowest BCUT2D eigenvalue weighted by atomic mass is 9.88. The number of ether oxygens (including phenoxy) is 1. The lowest BCUT2D eigenvalue weighted by molar-refractivity contribution is 0.0524. The summed E-state index contributed by atoms with van der Waals surface area (Å²) in [5, 5.41) is 2.78. The van der Waals surface area contributed by atoms with Crippen molar-refractivity contribution < 1.29 is 9.53 Å². The zero-order chi connectivity index (χ0) is 13.0. The second-order valence-corrected chi connectivity index (χ2v) is 5.20. The maximum atomic E-state index is 11.8. The molecule has 0 aliphatic heterocycles. The van der Waals surface area contributed by atoms with E-state index in [2.05, 4.69) is 12.2 Å². The molecule has 0 spiro atoms. The van der Waals surface area contributed by atoms with E-state index in [0.717, 1.165) is 24.9 Å². The Morgan fingerprint density at radius 3 is 2.56 bits per heavy atom. The predicted octanol–water partition coefficient (Wildman–Crippen LogP) is 4.12. The second kappa shape index (κ2) is 5.89. The van der Waals surface area contributed by atoms with Gasteiger partial charge in [-0.1, -0.05) is 31.0 Å². The molecule has 1 aliphatic rings. The molecule has 2 atom stereocenters. The van der Waals surface area contributed by atoms with E-state index < -0.39 is 0 Å². The van der Waals surface area contributed by atoms with Crippen molar-refractivity contribution in [1.29, 1.82) is 0 Å². The monoisotopic (exact) mass is 247 g/mol. The van der Waals surface area contributed by atoms with Gasteiger partial charge in [0.2, 0.25) is 0 Å². The fraction of sp³-hybridized carbons (Fsp3) is 0.533. The van der Waals surface area contributed by atoms with Crippen LogP contribution in [-0.4, -0.2) is 12.2 Å². The number of aryl methyl sites for hydroxylation is 1. The van der Waals surface area contributed by atoms with Gasteiger partial charge in [-0.2, -0.15) is 0 Å². The number of hydrogen-bond acceptors (Lipinski definition) is 2. The van der Waals surface area contributed by atoms with Crippen LogP contribution in [0.4, 0.5) is 10.5 Å². The smallest absolute Gasteiger partial charge is 0.411 e. The Morgan fingerprint density at radius 1 is 1.22 bits per heavy atom. The van der Waals surface area contributed by atoms with Gasteiger partial charge in [0.25, 0.3) is 0 Å². The van der Waals surface area contributed by atoms with E-state index in [-0.39, 0.29) is 12.2 Å². The molecule has 0 bridgehead atoms. The van der Waals surface area contributed by atoms with Crippen LogP contribution >= 0.6 is 0 Å². The summed E-state index contributed by atoms with van der Waals surface area (Å²) in [6.07, 6.45) is 4.29. The van der Waals surface area contributed by atoms with Gasteiger partial charge in [0, 0.05) is 5.69 Å². The summed E-state index contributed by atoms with van der Waals surface area (Å²) in [5.74, 6) is 0.475. The molecular formula is C15H21NO2. The van der Waals surface area contributed by atoms with Crippen LogP contribution < -0.4 is 5.32 Å². The van der Waals surface area contributed by atoms with E-state index in [1.807, 2.05) is 31.2 Å². The number of hydrogen-bond donors (Lipinski definition) is 1. The molecule has 0 heterocycles. The van der Waals surface area contributed by atoms with Crippen LogP contribution in [-0.2, 0) is 4.74 Å². The van der Waals surface area contributed by atoms with Crippen LogP contribution in [0.15, 0.2) is 24.3 Å². The van der Waals surface area contributed by atoms with Gasteiger partial charge >= 0.3 is 6.09 Å². The van der Waals surface area contributed by atoms with Gasteiger partial charge in [0.1, 0.15) is 6.10 Å². The maximum Gasteiger partial charge on any atom is 0.411 e. The topological polar surface area (TPSA) is 38.3 Å². The van der Waals surface area contributed by atoms with Gasteiger partial charge in [0.15, 0.2) is 0 Å². The quantitative estimate of drug-likeness (QED) is 0.853. The molecule has 0 saturated heterocycles. The number of nitrogens with one attached hydrogen (secondary N) is 1. The van der Waals surface area contributed by atoms with Crippen molar-refractivity contribution in [3.63, 3.8) is 0 Å². The molecule has 1 N–H and O–H groups in total. The maximum absolute atomic E-state index is 11.8. The minimum absolute atomic E-state index is 0.0733. The van der Waals surface area contributed by atoms with Crippen molar-refractivity contribution in [1.82, 2.24) is 0 Å². The fourth-order valence-electron chi connectivity index (χ4n) is 2.38. The Morgan fingerprint density at radius 2 is 1.89 bits per heavy atom.